The molecule has 1 amide bonds. The molecule has 0 saturated carbocycles. The monoisotopic (exact) mass is 255 g/mol. The van der Waals surface area contributed by atoms with Crippen molar-refractivity contribution < 1.29 is 9.53 Å². The summed E-state index contributed by atoms with van der Waals surface area (Å²) in [6, 6.07) is 0.215. The fourth-order valence-corrected chi connectivity index (χ4v) is 2.86. The number of carbonyl (C=O) groups excluding carboxylic acids is 1. The second kappa shape index (κ2) is 6.50. The van der Waals surface area contributed by atoms with Crippen molar-refractivity contribution in [3.8, 4) is 0 Å². The Kier molecular flexibility index (Phi) is 4.97. The molecule has 2 heterocycles. The van der Waals surface area contributed by atoms with Crippen LogP contribution in [0.5, 0.6) is 0 Å². The van der Waals surface area contributed by atoms with Crippen LogP contribution in [0.25, 0.3) is 0 Å². The van der Waals surface area contributed by atoms with E-state index in [0.29, 0.717) is 13.2 Å². The van der Waals surface area contributed by atoms with Gasteiger partial charge in [-0.05, 0) is 25.8 Å². The summed E-state index contributed by atoms with van der Waals surface area (Å²) in [7, 11) is 0. The van der Waals surface area contributed by atoms with E-state index in [1.807, 2.05) is 4.90 Å². The minimum atomic E-state index is -0.286. The molecule has 2 fully saturated rings. The van der Waals surface area contributed by atoms with E-state index < -0.39 is 0 Å². The van der Waals surface area contributed by atoms with Gasteiger partial charge in [-0.3, -0.25) is 9.69 Å². The van der Waals surface area contributed by atoms with E-state index in [1.165, 1.54) is 6.42 Å². The number of rotatable bonds is 3. The van der Waals surface area contributed by atoms with Gasteiger partial charge in [-0.2, -0.15) is 0 Å². The number of amides is 1. The molecular weight excluding hydrogens is 230 g/mol. The third-order valence-electron chi connectivity index (χ3n) is 4.06. The largest absolute Gasteiger partial charge is 0.366 e. The summed E-state index contributed by atoms with van der Waals surface area (Å²) in [6.45, 7) is 6.82. The molecule has 0 bridgehead atoms. The van der Waals surface area contributed by atoms with E-state index in [-0.39, 0.29) is 18.1 Å². The normalized spacial score (nSPS) is 30.4. The van der Waals surface area contributed by atoms with Crippen molar-refractivity contribution in [3.63, 3.8) is 0 Å². The molecule has 0 spiro atoms. The van der Waals surface area contributed by atoms with Gasteiger partial charge in [0.1, 0.15) is 6.10 Å². The fraction of sp³-hybridized carbons (Fsp3) is 0.923. The quantitative estimate of drug-likeness (QED) is 0.774. The van der Waals surface area contributed by atoms with Crippen LogP contribution in [0, 0.1) is 0 Å². The van der Waals surface area contributed by atoms with Crippen molar-refractivity contribution in [2.24, 2.45) is 5.73 Å². The Balaban J connectivity index is 1.96. The van der Waals surface area contributed by atoms with Gasteiger partial charge in [-0.1, -0.05) is 6.92 Å². The van der Waals surface area contributed by atoms with Gasteiger partial charge in [0.2, 0.25) is 0 Å². The van der Waals surface area contributed by atoms with E-state index in [9.17, 15) is 4.79 Å². The number of piperidine rings is 1. The van der Waals surface area contributed by atoms with Crippen LogP contribution in [-0.4, -0.2) is 67.2 Å². The van der Waals surface area contributed by atoms with Gasteiger partial charge in [0.25, 0.3) is 5.91 Å². The number of likely N-dealkylation sites (tertiary alicyclic amines) is 1. The van der Waals surface area contributed by atoms with E-state index in [0.717, 1.165) is 39.0 Å². The van der Waals surface area contributed by atoms with Crippen LogP contribution in [-0.2, 0) is 9.53 Å². The Morgan fingerprint density at radius 1 is 1.39 bits per heavy atom. The molecule has 2 atom stereocenters. The highest BCUT2D eigenvalue weighted by Crippen LogP contribution is 2.19. The Bertz CT molecular complexity index is 285. The predicted molar refractivity (Wildman–Crippen MR) is 70.3 cm³/mol. The van der Waals surface area contributed by atoms with E-state index in [4.69, 9.17) is 10.5 Å². The molecule has 5 nitrogen and oxygen atoms in total. The van der Waals surface area contributed by atoms with Crippen LogP contribution in [0.15, 0.2) is 0 Å². The van der Waals surface area contributed by atoms with Crippen molar-refractivity contribution in [1.82, 2.24) is 9.80 Å². The highest BCUT2D eigenvalue weighted by Gasteiger charge is 2.33. The maximum atomic E-state index is 12.5. The second-order valence-corrected chi connectivity index (χ2v) is 5.17. The molecule has 18 heavy (non-hydrogen) atoms. The molecule has 2 N–H and O–H groups in total. The number of carbonyl (C=O) groups is 1. The first-order valence-corrected chi connectivity index (χ1v) is 7.10. The standard InChI is InChI=1S/C13H25N3O2/c1-2-15-7-8-18-12(10-15)13(17)16-6-4-3-5-11(16)9-14/h11-12H,2-10,14H2,1H3. The number of nitrogens with two attached hydrogens (primary N) is 1. The van der Waals surface area contributed by atoms with Crippen molar-refractivity contribution in [3.05, 3.63) is 0 Å². The number of hydrogen-bond acceptors (Lipinski definition) is 4. The molecule has 0 aromatic rings. The molecule has 0 radical (unpaired) electrons. The Labute approximate surface area is 109 Å². The number of hydrogen-bond donors (Lipinski definition) is 1. The second-order valence-electron chi connectivity index (χ2n) is 5.17. The van der Waals surface area contributed by atoms with Gasteiger partial charge in [0.05, 0.1) is 6.61 Å². The van der Waals surface area contributed by atoms with E-state index >= 15 is 0 Å². The highest BCUT2D eigenvalue weighted by atomic mass is 16.5. The molecule has 2 unspecified atom stereocenters. The van der Waals surface area contributed by atoms with Gasteiger partial charge >= 0.3 is 0 Å². The van der Waals surface area contributed by atoms with Gasteiger partial charge in [-0.25, -0.2) is 0 Å². The molecule has 0 aromatic heterocycles. The fourth-order valence-electron chi connectivity index (χ4n) is 2.86. The minimum Gasteiger partial charge on any atom is -0.366 e. The van der Waals surface area contributed by atoms with Gasteiger partial charge in [0, 0.05) is 32.2 Å². The zero-order valence-corrected chi connectivity index (χ0v) is 11.3. The lowest BCUT2D eigenvalue weighted by molar-refractivity contribution is -0.152. The number of ether oxygens (including phenoxy) is 1. The zero-order valence-electron chi connectivity index (χ0n) is 11.3. The van der Waals surface area contributed by atoms with Gasteiger partial charge in [0.15, 0.2) is 0 Å². The first kappa shape index (κ1) is 13.8. The van der Waals surface area contributed by atoms with Crippen LogP contribution in [0.2, 0.25) is 0 Å². The summed E-state index contributed by atoms with van der Waals surface area (Å²) in [5.74, 6) is 0.142. The summed E-state index contributed by atoms with van der Waals surface area (Å²) in [4.78, 5) is 16.7. The Morgan fingerprint density at radius 3 is 2.94 bits per heavy atom. The summed E-state index contributed by atoms with van der Waals surface area (Å²) < 4.78 is 5.64. The topological polar surface area (TPSA) is 58.8 Å². The van der Waals surface area contributed by atoms with Gasteiger partial charge < -0.3 is 15.4 Å². The van der Waals surface area contributed by atoms with E-state index in [1.54, 1.807) is 0 Å². The molecule has 104 valence electrons. The number of morpholine rings is 1. The van der Waals surface area contributed by atoms with Gasteiger partial charge in [-0.15, -0.1) is 0 Å². The first-order valence-electron chi connectivity index (χ1n) is 7.10. The molecule has 2 saturated heterocycles. The average Bonchev–Trinajstić information content (AvgIpc) is 2.46. The Hall–Kier alpha value is -0.650. The average molecular weight is 255 g/mol. The summed E-state index contributed by atoms with van der Waals surface area (Å²) >= 11 is 0. The molecule has 5 heteroatoms. The molecular formula is C13H25N3O2. The maximum absolute atomic E-state index is 12.5. The maximum Gasteiger partial charge on any atom is 0.253 e. The third kappa shape index (κ3) is 3.02. The van der Waals surface area contributed by atoms with Crippen LogP contribution < -0.4 is 5.73 Å². The summed E-state index contributed by atoms with van der Waals surface area (Å²) in [6.07, 6.45) is 3.02. The lowest BCUT2D eigenvalue weighted by Crippen LogP contribution is -2.55. The third-order valence-corrected chi connectivity index (χ3v) is 4.06. The molecule has 2 rings (SSSR count). The number of likely N-dealkylation sites (N-methyl/N-ethyl adjacent to an activating group) is 1. The zero-order chi connectivity index (χ0) is 13.0. The van der Waals surface area contributed by atoms with Crippen molar-refractivity contribution in [2.45, 2.75) is 38.3 Å². The number of nitrogens with zero attached hydrogens (tertiary/aromatic N) is 2. The van der Waals surface area contributed by atoms with Crippen molar-refractivity contribution in [1.29, 1.82) is 0 Å². The lowest BCUT2D eigenvalue weighted by atomic mass is 10.0. The van der Waals surface area contributed by atoms with Crippen LogP contribution in [0.1, 0.15) is 26.2 Å². The van der Waals surface area contributed by atoms with Crippen LogP contribution >= 0.6 is 0 Å². The molecule has 2 aliphatic rings. The lowest BCUT2D eigenvalue weighted by Gasteiger charge is -2.39. The highest BCUT2D eigenvalue weighted by molar-refractivity contribution is 5.81. The molecule has 0 aromatic carbocycles. The van der Waals surface area contributed by atoms with Crippen LogP contribution in [0.3, 0.4) is 0 Å². The van der Waals surface area contributed by atoms with Crippen LogP contribution in [0.4, 0.5) is 0 Å². The SMILES string of the molecule is CCN1CCOC(C(=O)N2CCCCC2CN)C1. The minimum absolute atomic E-state index is 0.142. The Morgan fingerprint density at radius 2 is 2.22 bits per heavy atom. The van der Waals surface area contributed by atoms with E-state index in [2.05, 4.69) is 11.8 Å². The smallest absolute Gasteiger partial charge is 0.253 e. The summed E-state index contributed by atoms with van der Waals surface area (Å²) in [5.41, 5.74) is 5.77. The summed E-state index contributed by atoms with van der Waals surface area (Å²) in [5, 5.41) is 0. The van der Waals surface area contributed by atoms with Crippen molar-refractivity contribution in [2.75, 3.05) is 39.3 Å². The van der Waals surface area contributed by atoms with Crippen molar-refractivity contribution >= 4 is 5.91 Å². The first-order chi connectivity index (χ1) is 8.76. The molecule has 0 aliphatic carbocycles. The predicted octanol–water partition coefficient (Wildman–Crippen LogP) is 0.0469. The molecule has 2 aliphatic heterocycles.